The van der Waals surface area contributed by atoms with Gasteiger partial charge in [-0.25, -0.2) is 21.8 Å². The van der Waals surface area contributed by atoms with Gasteiger partial charge in [0, 0.05) is 37.4 Å². The number of aromatic nitrogens is 1. The van der Waals surface area contributed by atoms with Crippen molar-refractivity contribution < 1.29 is 36.2 Å². The van der Waals surface area contributed by atoms with Crippen LogP contribution in [0.5, 0.6) is 5.75 Å². The van der Waals surface area contributed by atoms with Crippen LogP contribution in [0.1, 0.15) is 37.7 Å². The molecule has 2 saturated heterocycles. The quantitative estimate of drug-likeness (QED) is 0.353. The Bertz CT molecular complexity index is 1540. The van der Waals surface area contributed by atoms with Crippen molar-refractivity contribution in [2.45, 2.75) is 71.3 Å². The van der Waals surface area contributed by atoms with E-state index in [0.29, 0.717) is 68.9 Å². The SMILES string of the molecule is O=C1Cc2cc(S(=O)(=O)N3CCC4(CC3)C[C@@H](NC[C@H](O)COc3cccc(S(=O)(=O)C5CC5)c3)CO4)cnc2N1. The predicted octanol–water partition coefficient (Wildman–Crippen LogP) is 0.854. The summed E-state index contributed by atoms with van der Waals surface area (Å²) in [5, 5.41) is 16.1. The lowest BCUT2D eigenvalue weighted by Gasteiger charge is -2.38. The van der Waals surface area contributed by atoms with Crippen LogP contribution in [0.2, 0.25) is 0 Å². The van der Waals surface area contributed by atoms with Gasteiger partial charge in [-0.1, -0.05) is 6.07 Å². The number of carbonyl (C=O) groups is 1. The van der Waals surface area contributed by atoms with Gasteiger partial charge < -0.3 is 25.2 Å². The number of piperidine rings is 1. The molecule has 3 aliphatic heterocycles. The molecule has 41 heavy (non-hydrogen) atoms. The fourth-order valence-electron chi connectivity index (χ4n) is 5.70. The Morgan fingerprint density at radius 2 is 1.95 bits per heavy atom. The summed E-state index contributed by atoms with van der Waals surface area (Å²) in [6.45, 7) is 1.36. The molecule has 1 amide bonds. The highest BCUT2D eigenvalue weighted by atomic mass is 32.2. The number of ether oxygens (including phenoxy) is 2. The third kappa shape index (κ3) is 5.99. The highest BCUT2D eigenvalue weighted by Gasteiger charge is 2.45. The van der Waals surface area contributed by atoms with Crippen LogP contribution >= 0.6 is 0 Å². The Balaban J connectivity index is 0.962. The second kappa shape index (κ2) is 10.9. The van der Waals surface area contributed by atoms with Crippen LogP contribution in [0.4, 0.5) is 5.82 Å². The number of sulfone groups is 1. The summed E-state index contributed by atoms with van der Waals surface area (Å²) in [6.07, 6.45) is 3.78. The Morgan fingerprint density at radius 1 is 1.17 bits per heavy atom. The van der Waals surface area contributed by atoms with Gasteiger partial charge in [-0.15, -0.1) is 0 Å². The molecule has 0 unspecified atom stereocenters. The summed E-state index contributed by atoms with van der Waals surface area (Å²) in [6, 6.07) is 7.92. The number of aliphatic hydroxyl groups is 1. The number of nitrogens with one attached hydrogen (secondary N) is 2. The van der Waals surface area contributed by atoms with Crippen LogP contribution in [0, 0.1) is 0 Å². The average Bonchev–Trinajstić information content (AvgIpc) is 3.66. The Kier molecular flexibility index (Phi) is 7.57. The summed E-state index contributed by atoms with van der Waals surface area (Å²) in [4.78, 5) is 16.0. The van der Waals surface area contributed by atoms with E-state index in [-0.39, 0.29) is 46.6 Å². The molecule has 1 aliphatic carbocycles. The molecule has 1 aromatic carbocycles. The third-order valence-electron chi connectivity index (χ3n) is 8.21. The molecule has 2 aromatic rings. The lowest BCUT2D eigenvalue weighted by atomic mass is 9.88. The normalized spacial score (nSPS) is 23.3. The number of benzene rings is 1. The third-order valence-corrected chi connectivity index (χ3v) is 12.3. The molecule has 4 aliphatic rings. The molecule has 6 rings (SSSR count). The molecule has 222 valence electrons. The smallest absolute Gasteiger partial charge is 0.244 e. The van der Waals surface area contributed by atoms with E-state index in [9.17, 15) is 26.7 Å². The number of pyridine rings is 1. The predicted molar refractivity (Wildman–Crippen MR) is 148 cm³/mol. The zero-order chi connectivity index (χ0) is 28.8. The van der Waals surface area contributed by atoms with Gasteiger partial charge >= 0.3 is 0 Å². The van der Waals surface area contributed by atoms with E-state index in [0.717, 1.165) is 0 Å². The van der Waals surface area contributed by atoms with Crippen molar-refractivity contribution in [1.29, 1.82) is 0 Å². The van der Waals surface area contributed by atoms with Crippen LogP contribution < -0.4 is 15.4 Å². The van der Waals surface area contributed by atoms with E-state index >= 15 is 0 Å². The van der Waals surface area contributed by atoms with Gasteiger partial charge in [0.1, 0.15) is 29.2 Å². The zero-order valence-electron chi connectivity index (χ0n) is 22.5. The van der Waals surface area contributed by atoms with Crippen LogP contribution in [0.3, 0.4) is 0 Å². The van der Waals surface area contributed by atoms with Gasteiger partial charge in [0.25, 0.3) is 0 Å². The number of nitrogens with zero attached hydrogens (tertiary/aromatic N) is 2. The van der Waals surface area contributed by atoms with Crippen molar-refractivity contribution in [3.63, 3.8) is 0 Å². The minimum absolute atomic E-state index is 0.00534. The molecule has 4 heterocycles. The van der Waals surface area contributed by atoms with Crippen molar-refractivity contribution in [3.8, 4) is 5.75 Å². The number of aliphatic hydroxyl groups excluding tert-OH is 1. The molecule has 3 fully saturated rings. The van der Waals surface area contributed by atoms with Gasteiger partial charge in [-0.05, 0) is 56.4 Å². The average molecular weight is 607 g/mol. The lowest BCUT2D eigenvalue weighted by molar-refractivity contribution is -0.115. The lowest BCUT2D eigenvalue weighted by Crippen LogP contribution is -2.47. The molecule has 2 atom stereocenters. The summed E-state index contributed by atoms with van der Waals surface area (Å²) in [7, 11) is -7.06. The van der Waals surface area contributed by atoms with Gasteiger partial charge in [0.05, 0.1) is 28.8 Å². The highest BCUT2D eigenvalue weighted by molar-refractivity contribution is 7.92. The number of sulfonamides is 1. The molecule has 12 nitrogen and oxygen atoms in total. The molecule has 1 aromatic heterocycles. The first-order chi connectivity index (χ1) is 19.5. The Hall–Kier alpha value is -2.62. The first-order valence-electron chi connectivity index (χ1n) is 13.9. The molecule has 0 bridgehead atoms. The summed E-state index contributed by atoms with van der Waals surface area (Å²) in [5.41, 5.74) is 0.158. The van der Waals surface area contributed by atoms with Gasteiger partial charge in [0.2, 0.25) is 15.9 Å². The fourth-order valence-corrected chi connectivity index (χ4v) is 8.83. The minimum Gasteiger partial charge on any atom is -0.491 e. The zero-order valence-corrected chi connectivity index (χ0v) is 24.1. The van der Waals surface area contributed by atoms with E-state index in [4.69, 9.17) is 9.47 Å². The van der Waals surface area contributed by atoms with Crippen molar-refractivity contribution in [2.75, 3.05) is 38.2 Å². The molecular weight excluding hydrogens is 572 g/mol. The van der Waals surface area contributed by atoms with Crippen LogP contribution in [-0.2, 0) is 35.8 Å². The highest BCUT2D eigenvalue weighted by Crippen LogP contribution is 2.38. The van der Waals surface area contributed by atoms with Crippen LogP contribution in [0.25, 0.3) is 0 Å². The number of amides is 1. The summed E-state index contributed by atoms with van der Waals surface area (Å²) < 4.78 is 64.7. The minimum atomic E-state index is -3.74. The number of hydrogen-bond donors (Lipinski definition) is 3. The van der Waals surface area contributed by atoms with E-state index in [1.807, 2.05) is 0 Å². The maximum Gasteiger partial charge on any atom is 0.244 e. The molecule has 3 N–H and O–H groups in total. The first-order valence-corrected chi connectivity index (χ1v) is 16.8. The van der Waals surface area contributed by atoms with Crippen molar-refractivity contribution in [2.24, 2.45) is 0 Å². The molecule has 1 spiro atoms. The number of anilines is 1. The van der Waals surface area contributed by atoms with E-state index < -0.39 is 31.6 Å². The molecule has 0 radical (unpaired) electrons. The van der Waals surface area contributed by atoms with E-state index in [2.05, 4.69) is 15.6 Å². The number of fused-ring (bicyclic) bond motifs is 1. The number of carbonyl (C=O) groups excluding carboxylic acids is 1. The summed E-state index contributed by atoms with van der Waals surface area (Å²) >= 11 is 0. The summed E-state index contributed by atoms with van der Waals surface area (Å²) in [5.74, 6) is 0.612. The van der Waals surface area contributed by atoms with E-state index in [1.54, 1.807) is 18.2 Å². The Morgan fingerprint density at radius 3 is 2.71 bits per heavy atom. The molecular formula is C27H34N4O8S2. The first kappa shape index (κ1) is 28.5. The number of hydrogen-bond acceptors (Lipinski definition) is 10. The topological polar surface area (TPSA) is 164 Å². The second-order valence-corrected chi connectivity index (χ2v) is 15.5. The van der Waals surface area contributed by atoms with Gasteiger partial charge in [-0.3, -0.25) is 4.79 Å². The standard InChI is InChI=1S/C27H34N4O8S2/c32-20(17-38-21-2-1-3-23(12-21)40(34,35)22-4-5-22)14-28-19-13-27(39-16-19)6-8-31(9-7-27)41(36,37)24-10-18-11-25(33)30-26(18)29-15-24/h1-3,10,12,15,19-20,22,28,32H,4-9,11,13-14,16-17H2,(H,29,30,33)/t19-,20+/m1/s1. The van der Waals surface area contributed by atoms with Crippen molar-refractivity contribution in [3.05, 3.63) is 42.1 Å². The van der Waals surface area contributed by atoms with Crippen LogP contribution in [0.15, 0.2) is 46.3 Å². The second-order valence-electron chi connectivity index (χ2n) is 11.3. The van der Waals surface area contributed by atoms with Crippen LogP contribution in [-0.4, -0.2) is 93.0 Å². The maximum absolute atomic E-state index is 13.2. The number of rotatable bonds is 10. The Labute approximate surface area is 239 Å². The fraction of sp³-hybridized carbons (Fsp3) is 0.556. The van der Waals surface area contributed by atoms with Gasteiger partial charge in [0.15, 0.2) is 9.84 Å². The van der Waals surface area contributed by atoms with Crippen molar-refractivity contribution >= 4 is 31.6 Å². The largest absolute Gasteiger partial charge is 0.491 e. The molecule has 14 heteroatoms. The van der Waals surface area contributed by atoms with Gasteiger partial charge in [-0.2, -0.15) is 4.31 Å². The monoisotopic (exact) mass is 606 g/mol. The van der Waals surface area contributed by atoms with E-state index in [1.165, 1.54) is 22.6 Å². The molecule has 1 saturated carbocycles. The van der Waals surface area contributed by atoms with Crippen molar-refractivity contribution in [1.82, 2.24) is 14.6 Å². The maximum atomic E-state index is 13.2.